The van der Waals surface area contributed by atoms with Crippen molar-refractivity contribution < 1.29 is 9.59 Å². The molecular formula is C14H16ClN3O2. The van der Waals surface area contributed by atoms with Crippen molar-refractivity contribution in [3.05, 3.63) is 29.0 Å². The minimum atomic E-state index is -0.0613. The second-order valence-electron chi connectivity index (χ2n) is 5.61. The smallest absolute Gasteiger partial charge is 0.272 e. The lowest BCUT2D eigenvalue weighted by Crippen LogP contribution is -2.44. The Morgan fingerprint density at radius 1 is 1.35 bits per heavy atom. The van der Waals surface area contributed by atoms with Crippen molar-refractivity contribution in [2.45, 2.75) is 19.3 Å². The molecule has 6 heteroatoms. The summed E-state index contributed by atoms with van der Waals surface area (Å²) in [5, 5.41) is 3.42. The van der Waals surface area contributed by atoms with E-state index in [4.69, 9.17) is 11.6 Å². The zero-order valence-corrected chi connectivity index (χ0v) is 11.8. The van der Waals surface area contributed by atoms with Crippen LogP contribution >= 0.6 is 11.6 Å². The Kier molecular flexibility index (Phi) is 3.38. The van der Waals surface area contributed by atoms with Crippen LogP contribution in [0.4, 0.5) is 0 Å². The Balaban J connectivity index is 1.64. The van der Waals surface area contributed by atoms with E-state index < -0.39 is 0 Å². The quantitative estimate of drug-likeness (QED) is 0.853. The molecule has 0 unspecified atom stereocenters. The molecule has 2 fully saturated rings. The van der Waals surface area contributed by atoms with Gasteiger partial charge < -0.3 is 10.2 Å². The molecule has 3 heterocycles. The molecule has 0 aromatic carbocycles. The Hall–Kier alpha value is -1.62. The van der Waals surface area contributed by atoms with Gasteiger partial charge in [0.05, 0.1) is 5.02 Å². The molecule has 5 nitrogen and oxygen atoms in total. The molecule has 0 bridgehead atoms. The average molecular weight is 294 g/mol. The number of nitrogens with one attached hydrogen (secondary N) is 1. The van der Waals surface area contributed by atoms with Gasteiger partial charge in [0.1, 0.15) is 5.69 Å². The van der Waals surface area contributed by atoms with E-state index in [9.17, 15) is 9.59 Å². The van der Waals surface area contributed by atoms with E-state index >= 15 is 0 Å². The summed E-state index contributed by atoms with van der Waals surface area (Å²) in [5.41, 5.74) is 0.479. The van der Waals surface area contributed by atoms with E-state index in [2.05, 4.69) is 10.3 Å². The molecule has 106 valence electrons. The molecule has 0 saturated carbocycles. The van der Waals surface area contributed by atoms with E-state index in [1.165, 1.54) is 6.20 Å². The van der Waals surface area contributed by atoms with Gasteiger partial charge in [-0.15, -0.1) is 0 Å². The summed E-state index contributed by atoms with van der Waals surface area (Å²) in [4.78, 5) is 29.6. The van der Waals surface area contributed by atoms with Crippen LogP contribution in [0, 0.1) is 5.41 Å². The first-order valence-electron chi connectivity index (χ1n) is 6.76. The summed E-state index contributed by atoms with van der Waals surface area (Å²) in [5.74, 6) is 0.0675. The van der Waals surface area contributed by atoms with Gasteiger partial charge in [-0.05, 0) is 30.4 Å². The van der Waals surface area contributed by atoms with Crippen LogP contribution in [0.25, 0.3) is 0 Å². The Morgan fingerprint density at radius 3 is 2.65 bits per heavy atom. The summed E-state index contributed by atoms with van der Waals surface area (Å²) in [6, 6.07) is 3.32. The Morgan fingerprint density at radius 2 is 2.10 bits per heavy atom. The molecule has 2 saturated heterocycles. The van der Waals surface area contributed by atoms with Crippen molar-refractivity contribution >= 4 is 23.4 Å². The van der Waals surface area contributed by atoms with Crippen molar-refractivity contribution in [2.75, 3.05) is 19.6 Å². The van der Waals surface area contributed by atoms with Crippen LogP contribution < -0.4 is 5.32 Å². The highest BCUT2D eigenvalue weighted by molar-refractivity contribution is 6.30. The van der Waals surface area contributed by atoms with Gasteiger partial charge in [0.25, 0.3) is 5.91 Å². The number of amides is 2. The normalized spacial score (nSPS) is 21.1. The maximum atomic E-state index is 12.3. The number of rotatable bonds is 1. The molecule has 0 aliphatic carbocycles. The zero-order valence-electron chi connectivity index (χ0n) is 11.1. The van der Waals surface area contributed by atoms with Crippen LogP contribution in [-0.4, -0.2) is 41.3 Å². The number of likely N-dealkylation sites (tertiary alicyclic amines) is 1. The fourth-order valence-corrected chi connectivity index (χ4v) is 3.07. The van der Waals surface area contributed by atoms with Crippen molar-refractivity contribution in [1.82, 2.24) is 15.2 Å². The van der Waals surface area contributed by atoms with Gasteiger partial charge in [-0.25, -0.2) is 4.98 Å². The van der Waals surface area contributed by atoms with Gasteiger partial charge >= 0.3 is 0 Å². The first-order chi connectivity index (χ1) is 9.58. The second-order valence-corrected chi connectivity index (χ2v) is 6.04. The third-order valence-corrected chi connectivity index (χ3v) is 4.48. The van der Waals surface area contributed by atoms with Gasteiger partial charge in [-0.3, -0.25) is 9.59 Å². The number of pyridine rings is 1. The second kappa shape index (κ2) is 5.05. The van der Waals surface area contributed by atoms with Crippen molar-refractivity contribution in [3.63, 3.8) is 0 Å². The number of hydrogen-bond acceptors (Lipinski definition) is 3. The van der Waals surface area contributed by atoms with E-state index in [1.807, 2.05) is 4.90 Å². The SMILES string of the molecule is O=C1CC2(CCN(C(=O)c3ccc(Cl)cn3)CC2)CN1. The lowest BCUT2D eigenvalue weighted by molar-refractivity contribution is -0.119. The summed E-state index contributed by atoms with van der Waals surface area (Å²) < 4.78 is 0. The molecular weight excluding hydrogens is 278 g/mol. The van der Waals surface area contributed by atoms with Gasteiger partial charge in [-0.2, -0.15) is 0 Å². The van der Waals surface area contributed by atoms with Gasteiger partial charge in [-0.1, -0.05) is 11.6 Å². The number of piperidine rings is 1. The van der Waals surface area contributed by atoms with Crippen LogP contribution in [0.15, 0.2) is 18.3 Å². The van der Waals surface area contributed by atoms with E-state index in [0.29, 0.717) is 30.2 Å². The number of nitrogens with zero attached hydrogens (tertiary/aromatic N) is 2. The highest BCUT2D eigenvalue weighted by Gasteiger charge is 2.41. The minimum Gasteiger partial charge on any atom is -0.356 e. The van der Waals surface area contributed by atoms with Crippen LogP contribution in [-0.2, 0) is 4.79 Å². The number of halogens is 1. The largest absolute Gasteiger partial charge is 0.356 e. The molecule has 1 N–H and O–H groups in total. The molecule has 1 aromatic rings. The average Bonchev–Trinajstić information content (AvgIpc) is 2.81. The summed E-state index contributed by atoms with van der Waals surface area (Å²) >= 11 is 5.77. The van der Waals surface area contributed by atoms with E-state index in [0.717, 1.165) is 19.4 Å². The summed E-state index contributed by atoms with van der Waals surface area (Å²) in [6.45, 7) is 2.10. The van der Waals surface area contributed by atoms with Crippen LogP contribution in [0.2, 0.25) is 5.02 Å². The van der Waals surface area contributed by atoms with Crippen LogP contribution in [0.5, 0.6) is 0 Å². The highest BCUT2D eigenvalue weighted by atomic mass is 35.5. The lowest BCUT2D eigenvalue weighted by Gasteiger charge is -2.38. The van der Waals surface area contributed by atoms with Crippen molar-refractivity contribution in [2.24, 2.45) is 5.41 Å². The fraction of sp³-hybridized carbons (Fsp3) is 0.500. The number of hydrogen-bond donors (Lipinski definition) is 1. The standard InChI is InChI=1S/C14H16ClN3O2/c15-10-1-2-11(16-8-10)13(20)18-5-3-14(4-6-18)7-12(19)17-9-14/h1-2,8H,3-7,9H2,(H,17,19). The van der Waals surface area contributed by atoms with Crippen LogP contribution in [0.1, 0.15) is 29.8 Å². The Labute approximate surface area is 122 Å². The van der Waals surface area contributed by atoms with Crippen LogP contribution in [0.3, 0.4) is 0 Å². The first-order valence-corrected chi connectivity index (χ1v) is 7.13. The lowest BCUT2D eigenvalue weighted by atomic mass is 9.77. The van der Waals surface area contributed by atoms with Gasteiger partial charge in [0.2, 0.25) is 5.91 Å². The maximum Gasteiger partial charge on any atom is 0.272 e. The van der Waals surface area contributed by atoms with Gasteiger partial charge in [0, 0.05) is 32.3 Å². The molecule has 0 atom stereocenters. The number of aromatic nitrogens is 1. The predicted molar refractivity (Wildman–Crippen MR) is 74.4 cm³/mol. The van der Waals surface area contributed by atoms with Gasteiger partial charge in [0.15, 0.2) is 0 Å². The predicted octanol–water partition coefficient (Wildman–Crippen LogP) is 1.48. The number of carbonyl (C=O) groups is 2. The fourth-order valence-electron chi connectivity index (χ4n) is 2.95. The molecule has 2 aliphatic heterocycles. The molecule has 3 rings (SSSR count). The van der Waals surface area contributed by atoms with E-state index in [-0.39, 0.29) is 17.2 Å². The third kappa shape index (κ3) is 2.50. The zero-order chi connectivity index (χ0) is 14.2. The molecule has 2 aliphatic rings. The molecule has 0 radical (unpaired) electrons. The molecule has 20 heavy (non-hydrogen) atoms. The third-order valence-electron chi connectivity index (χ3n) is 4.25. The number of carbonyl (C=O) groups excluding carboxylic acids is 2. The minimum absolute atomic E-state index is 0.0568. The molecule has 2 amide bonds. The van der Waals surface area contributed by atoms with Crippen molar-refractivity contribution in [3.8, 4) is 0 Å². The topological polar surface area (TPSA) is 62.3 Å². The maximum absolute atomic E-state index is 12.3. The highest BCUT2D eigenvalue weighted by Crippen LogP contribution is 2.37. The first kappa shape index (κ1) is 13.4. The van der Waals surface area contributed by atoms with Crippen molar-refractivity contribution in [1.29, 1.82) is 0 Å². The Bertz CT molecular complexity index is 536. The monoisotopic (exact) mass is 293 g/mol. The molecule has 1 spiro atoms. The summed E-state index contributed by atoms with van der Waals surface area (Å²) in [7, 11) is 0. The van der Waals surface area contributed by atoms with E-state index in [1.54, 1.807) is 12.1 Å². The molecule has 1 aromatic heterocycles. The summed E-state index contributed by atoms with van der Waals surface area (Å²) in [6.07, 6.45) is 3.81.